The van der Waals surface area contributed by atoms with Crippen LogP contribution in [-0.4, -0.2) is 37.2 Å². The second-order valence-electron chi connectivity index (χ2n) is 7.44. The standard InChI is InChI=1S/C21H22N6O/c1-13-3-4-14(11-23-13)16-5-6-17-19(25-16)20-18(12-24-17)26(2)21(28)27(20)15-7-9-22-10-8-15/h3-6,11-12,15,22H,7-10H2,1-2H3. The number of rotatable bonds is 2. The third-order valence-electron chi connectivity index (χ3n) is 5.64. The Kier molecular flexibility index (Phi) is 3.98. The Hall–Kier alpha value is -3.06. The van der Waals surface area contributed by atoms with Crippen LogP contribution in [0.3, 0.4) is 0 Å². The van der Waals surface area contributed by atoms with Crippen LogP contribution in [0.4, 0.5) is 0 Å². The number of nitrogens with zero attached hydrogens (tertiary/aromatic N) is 5. The minimum atomic E-state index is 0.000376. The average molecular weight is 374 g/mol. The molecule has 7 heteroatoms. The maximum absolute atomic E-state index is 13.1. The first-order valence-corrected chi connectivity index (χ1v) is 9.64. The highest BCUT2D eigenvalue weighted by atomic mass is 16.1. The van der Waals surface area contributed by atoms with Crippen molar-refractivity contribution in [1.82, 2.24) is 29.4 Å². The van der Waals surface area contributed by atoms with Gasteiger partial charge in [0.25, 0.3) is 0 Å². The monoisotopic (exact) mass is 374 g/mol. The lowest BCUT2D eigenvalue weighted by Crippen LogP contribution is -2.34. The Morgan fingerprint density at radius 2 is 1.89 bits per heavy atom. The van der Waals surface area contributed by atoms with E-state index in [0.29, 0.717) is 0 Å². The third kappa shape index (κ3) is 2.62. The molecular weight excluding hydrogens is 352 g/mol. The molecule has 0 aliphatic carbocycles. The number of fused-ring (bicyclic) bond motifs is 3. The molecule has 0 unspecified atom stereocenters. The zero-order valence-electron chi connectivity index (χ0n) is 16.0. The van der Waals surface area contributed by atoms with Crippen LogP contribution in [0.25, 0.3) is 33.3 Å². The van der Waals surface area contributed by atoms with Crippen molar-refractivity contribution in [2.75, 3.05) is 13.1 Å². The Bertz CT molecular complexity index is 1230. The molecule has 0 radical (unpaired) electrons. The summed E-state index contributed by atoms with van der Waals surface area (Å²) >= 11 is 0. The van der Waals surface area contributed by atoms with Gasteiger partial charge in [-0.2, -0.15) is 0 Å². The molecular formula is C21H22N6O. The fourth-order valence-electron chi connectivity index (χ4n) is 4.07. The predicted octanol–water partition coefficient (Wildman–Crippen LogP) is 2.58. The smallest absolute Gasteiger partial charge is 0.317 e. The van der Waals surface area contributed by atoms with Gasteiger partial charge < -0.3 is 5.32 Å². The minimum Gasteiger partial charge on any atom is -0.317 e. The molecule has 1 fully saturated rings. The number of imidazole rings is 1. The first kappa shape index (κ1) is 17.1. The highest BCUT2D eigenvalue weighted by molar-refractivity contribution is 6.00. The van der Waals surface area contributed by atoms with Crippen LogP contribution < -0.4 is 11.0 Å². The van der Waals surface area contributed by atoms with E-state index in [0.717, 1.165) is 64.9 Å². The topological polar surface area (TPSA) is 77.6 Å². The summed E-state index contributed by atoms with van der Waals surface area (Å²) in [7, 11) is 1.81. The van der Waals surface area contributed by atoms with Gasteiger partial charge in [-0.1, -0.05) is 0 Å². The molecule has 1 N–H and O–H groups in total. The summed E-state index contributed by atoms with van der Waals surface area (Å²) in [5.41, 5.74) is 6.03. The fraction of sp³-hybridized carbons (Fsp3) is 0.333. The molecule has 1 aliphatic heterocycles. The molecule has 4 aromatic rings. The van der Waals surface area contributed by atoms with Crippen molar-refractivity contribution in [3.63, 3.8) is 0 Å². The molecule has 5 heterocycles. The van der Waals surface area contributed by atoms with E-state index in [-0.39, 0.29) is 11.7 Å². The number of piperidine rings is 1. The lowest BCUT2D eigenvalue weighted by atomic mass is 10.1. The van der Waals surface area contributed by atoms with Gasteiger partial charge in [0.2, 0.25) is 0 Å². The van der Waals surface area contributed by atoms with E-state index in [1.807, 2.05) is 49.0 Å². The second kappa shape index (κ2) is 6.53. The van der Waals surface area contributed by atoms with E-state index in [2.05, 4.69) is 15.3 Å². The van der Waals surface area contributed by atoms with Gasteiger partial charge >= 0.3 is 5.69 Å². The van der Waals surface area contributed by atoms with Gasteiger partial charge in [-0.05, 0) is 57.1 Å². The van der Waals surface area contributed by atoms with Crippen LogP contribution in [0.2, 0.25) is 0 Å². The molecule has 4 aromatic heterocycles. The number of hydrogen-bond donors (Lipinski definition) is 1. The Morgan fingerprint density at radius 1 is 1.07 bits per heavy atom. The van der Waals surface area contributed by atoms with E-state index in [1.165, 1.54) is 0 Å². The normalized spacial score (nSPS) is 15.5. The maximum atomic E-state index is 13.1. The van der Waals surface area contributed by atoms with E-state index in [1.54, 1.807) is 10.8 Å². The van der Waals surface area contributed by atoms with Gasteiger partial charge in [-0.25, -0.2) is 9.78 Å². The highest BCUT2D eigenvalue weighted by Gasteiger charge is 2.23. The predicted molar refractivity (Wildman–Crippen MR) is 109 cm³/mol. The lowest BCUT2D eigenvalue weighted by molar-refractivity contribution is 0.366. The van der Waals surface area contributed by atoms with E-state index in [4.69, 9.17) is 4.98 Å². The number of nitrogens with one attached hydrogen (secondary N) is 1. The summed E-state index contributed by atoms with van der Waals surface area (Å²) in [6, 6.07) is 8.11. The van der Waals surface area contributed by atoms with Gasteiger partial charge in [-0.3, -0.25) is 19.1 Å². The fourth-order valence-corrected chi connectivity index (χ4v) is 4.07. The second-order valence-corrected chi connectivity index (χ2v) is 7.44. The van der Waals surface area contributed by atoms with Gasteiger partial charge in [0.15, 0.2) is 0 Å². The molecule has 5 rings (SSSR count). The lowest BCUT2D eigenvalue weighted by Gasteiger charge is -2.24. The molecule has 1 aliphatic rings. The summed E-state index contributed by atoms with van der Waals surface area (Å²) in [6.45, 7) is 3.81. The van der Waals surface area contributed by atoms with Crippen molar-refractivity contribution >= 4 is 22.1 Å². The number of aromatic nitrogens is 5. The third-order valence-corrected chi connectivity index (χ3v) is 5.64. The Labute approximate surface area is 162 Å². The molecule has 1 saturated heterocycles. The quantitative estimate of drug-likeness (QED) is 0.583. The van der Waals surface area contributed by atoms with Crippen molar-refractivity contribution in [3.8, 4) is 11.3 Å². The van der Waals surface area contributed by atoms with Crippen LogP contribution in [-0.2, 0) is 7.05 Å². The molecule has 28 heavy (non-hydrogen) atoms. The van der Waals surface area contributed by atoms with Crippen LogP contribution in [0.1, 0.15) is 24.6 Å². The van der Waals surface area contributed by atoms with Crippen molar-refractivity contribution in [1.29, 1.82) is 0 Å². The summed E-state index contributed by atoms with van der Waals surface area (Å²) in [5, 5.41) is 3.37. The molecule has 0 saturated carbocycles. The molecule has 0 spiro atoms. The zero-order valence-corrected chi connectivity index (χ0v) is 16.0. The van der Waals surface area contributed by atoms with E-state index >= 15 is 0 Å². The van der Waals surface area contributed by atoms with Gasteiger partial charge in [0, 0.05) is 30.5 Å². The summed E-state index contributed by atoms with van der Waals surface area (Å²) in [4.78, 5) is 26.9. The summed E-state index contributed by atoms with van der Waals surface area (Å²) < 4.78 is 3.62. The average Bonchev–Trinajstić information content (AvgIpc) is 3.00. The highest BCUT2D eigenvalue weighted by Crippen LogP contribution is 2.29. The molecule has 0 atom stereocenters. The van der Waals surface area contributed by atoms with Gasteiger partial charge in [0.05, 0.1) is 28.4 Å². The summed E-state index contributed by atoms with van der Waals surface area (Å²) in [5.74, 6) is 0. The largest absolute Gasteiger partial charge is 0.329 e. The van der Waals surface area contributed by atoms with Crippen molar-refractivity contribution < 1.29 is 0 Å². The first-order chi connectivity index (χ1) is 13.6. The molecule has 0 aromatic carbocycles. The summed E-state index contributed by atoms with van der Waals surface area (Å²) in [6.07, 6.45) is 5.49. The molecule has 7 nitrogen and oxygen atoms in total. The molecule has 0 bridgehead atoms. The van der Waals surface area contributed by atoms with Crippen molar-refractivity contribution in [2.24, 2.45) is 7.05 Å². The van der Waals surface area contributed by atoms with Gasteiger partial charge in [0.1, 0.15) is 5.52 Å². The number of hydrogen-bond acceptors (Lipinski definition) is 5. The number of pyridine rings is 3. The minimum absolute atomic E-state index is 0.000376. The van der Waals surface area contributed by atoms with E-state index in [9.17, 15) is 4.79 Å². The van der Waals surface area contributed by atoms with Crippen molar-refractivity contribution in [2.45, 2.75) is 25.8 Å². The Morgan fingerprint density at radius 3 is 2.64 bits per heavy atom. The maximum Gasteiger partial charge on any atom is 0.329 e. The molecule has 142 valence electrons. The van der Waals surface area contributed by atoms with Crippen LogP contribution in [0.15, 0.2) is 41.5 Å². The Balaban J connectivity index is 1.79. The van der Waals surface area contributed by atoms with Gasteiger partial charge in [-0.15, -0.1) is 0 Å². The zero-order chi connectivity index (χ0) is 19.3. The van der Waals surface area contributed by atoms with Crippen molar-refractivity contribution in [3.05, 3.63) is 52.8 Å². The van der Waals surface area contributed by atoms with Crippen LogP contribution >= 0.6 is 0 Å². The first-order valence-electron chi connectivity index (χ1n) is 9.64. The SMILES string of the molecule is Cc1ccc(-c2ccc3ncc4c(c3n2)n(C2CCNCC2)c(=O)n4C)cn1. The van der Waals surface area contributed by atoms with Crippen LogP contribution in [0.5, 0.6) is 0 Å². The number of aryl methyl sites for hydroxylation is 2. The van der Waals surface area contributed by atoms with E-state index < -0.39 is 0 Å². The van der Waals surface area contributed by atoms with Crippen LogP contribution in [0, 0.1) is 6.92 Å². The molecule has 0 amide bonds.